The number of amides is 2. The molecular weight excluding hydrogens is 428 g/mol. The van der Waals surface area contributed by atoms with E-state index in [1.54, 1.807) is 67.8 Å². The lowest BCUT2D eigenvalue weighted by atomic mass is 10.2. The van der Waals surface area contributed by atoms with Crippen molar-refractivity contribution in [3.05, 3.63) is 79.4 Å². The molecule has 0 aliphatic heterocycles. The van der Waals surface area contributed by atoms with Crippen LogP contribution in [0.15, 0.2) is 78.7 Å². The molecule has 2 aromatic carbocycles. The number of anilines is 1. The molecule has 7 nitrogen and oxygen atoms in total. The molecule has 0 aliphatic rings. The van der Waals surface area contributed by atoms with Crippen molar-refractivity contribution < 1.29 is 23.9 Å². The van der Waals surface area contributed by atoms with Crippen LogP contribution in [0.1, 0.15) is 10.4 Å². The zero-order valence-electron chi connectivity index (χ0n) is 17.9. The summed E-state index contributed by atoms with van der Waals surface area (Å²) < 4.78 is 10.4. The van der Waals surface area contributed by atoms with E-state index in [1.165, 1.54) is 16.7 Å². The minimum absolute atomic E-state index is 0.0902. The molecule has 0 heterocycles. The number of nitrogens with one attached hydrogen (secondary N) is 1. The first kappa shape index (κ1) is 24.7. The van der Waals surface area contributed by atoms with Crippen molar-refractivity contribution >= 4 is 35.2 Å². The second kappa shape index (κ2) is 13.0. The van der Waals surface area contributed by atoms with E-state index in [0.717, 1.165) is 0 Å². The average Bonchev–Trinajstić information content (AvgIpc) is 2.81. The third-order valence-electron chi connectivity index (χ3n) is 4.20. The summed E-state index contributed by atoms with van der Waals surface area (Å²) in [5, 5.41) is 2.79. The summed E-state index contributed by atoms with van der Waals surface area (Å²) in [6.45, 7) is 7.49. The first-order chi connectivity index (χ1) is 15.5. The van der Waals surface area contributed by atoms with E-state index in [2.05, 4.69) is 18.5 Å². The molecule has 0 saturated heterocycles. The second-order valence-electron chi connectivity index (χ2n) is 6.52. The summed E-state index contributed by atoms with van der Waals surface area (Å²) in [6, 6.07) is 13.8. The van der Waals surface area contributed by atoms with Gasteiger partial charge in [-0.2, -0.15) is 0 Å². The first-order valence-corrected chi connectivity index (χ1v) is 10.8. The van der Waals surface area contributed by atoms with E-state index in [9.17, 15) is 14.4 Å². The number of ether oxygens (including phenoxy) is 2. The van der Waals surface area contributed by atoms with Crippen LogP contribution in [0.2, 0.25) is 0 Å². The monoisotopic (exact) mass is 454 g/mol. The van der Waals surface area contributed by atoms with Gasteiger partial charge >= 0.3 is 5.97 Å². The molecule has 0 spiro atoms. The highest BCUT2D eigenvalue weighted by Gasteiger charge is 2.18. The van der Waals surface area contributed by atoms with E-state index in [4.69, 9.17) is 9.47 Å². The van der Waals surface area contributed by atoms with Gasteiger partial charge < -0.3 is 19.7 Å². The molecule has 0 radical (unpaired) electrons. The smallest absolute Gasteiger partial charge is 0.339 e. The molecule has 2 rings (SSSR count). The molecule has 0 atom stereocenters. The number of carbonyl (C=O) groups is 3. The number of nitrogens with zero attached hydrogens (tertiary/aromatic N) is 1. The lowest BCUT2D eigenvalue weighted by Gasteiger charge is -2.19. The van der Waals surface area contributed by atoms with Gasteiger partial charge in [-0.3, -0.25) is 9.59 Å². The summed E-state index contributed by atoms with van der Waals surface area (Å²) >= 11 is 1.20. The number of rotatable bonds is 12. The van der Waals surface area contributed by atoms with Crippen LogP contribution in [0.25, 0.3) is 0 Å². The quantitative estimate of drug-likeness (QED) is 0.298. The van der Waals surface area contributed by atoms with Crippen molar-refractivity contribution in [3.63, 3.8) is 0 Å². The zero-order valence-corrected chi connectivity index (χ0v) is 18.7. The molecule has 0 aliphatic carbocycles. The second-order valence-corrected chi connectivity index (χ2v) is 7.53. The van der Waals surface area contributed by atoms with Crippen LogP contribution in [-0.4, -0.2) is 55.2 Å². The maximum absolute atomic E-state index is 12.6. The first-order valence-electron chi connectivity index (χ1n) is 9.81. The van der Waals surface area contributed by atoms with Crippen LogP contribution in [-0.2, 0) is 14.3 Å². The van der Waals surface area contributed by atoms with Gasteiger partial charge in [0, 0.05) is 29.7 Å². The third-order valence-corrected chi connectivity index (χ3v) is 5.27. The van der Waals surface area contributed by atoms with E-state index < -0.39 is 12.6 Å². The average molecular weight is 455 g/mol. The Labute approximate surface area is 192 Å². The van der Waals surface area contributed by atoms with E-state index in [1.807, 2.05) is 0 Å². The molecule has 1 N–H and O–H groups in total. The highest BCUT2D eigenvalue weighted by molar-refractivity contribution is 8.00. The molecule has 0 aromatic heterocycles. The molecule has 0 bridgehead atoms. The van der Waals surface area contributed by atoms with E-state index >= 15 is 0 Å². The SMILES string of the molecule is C=CCN(CC=C)C(=O)COC(=O)c1ccccc1SCC(=O)Nc1cccc(OC)c1. The minimum Gasteiger partial charge on any atom is -0.497 e. The molecule has 0 unspecified atom stereocenters. The topological polar surface area (TPSA) is 84.9 Å². The maximum Gasteiger partial charge on any atom is 0.339 e. The van der Waals surface area contributed by atoms with Gasteiger partial charge in [-0.1, -0.05) is 30.4 Å². The van der Waals surface area contributed by atoms with Crippen LogP contribution < -0.4 is 10.1 Å². The molecule has 2 aromatic rings. The Hall–Kier alpha value is -3.52. The maximum atomic E-state index is 12.6. The summed E-state index contributed by atoms with van der Waals surface area (Å²) in [4.78, 5) is 39.2. The standard InChI is InChI=1S/C24H26N2O5S/c1-4-13-26(14-5-2)23(28)16-31-24(29)20-11-6-7-12-21(20)32-17-22(27)25-18-9-8-10-19(15-18)30-3/h4-12,15H,1-2,13-14,16-17H2,3H3,(H,25,27). The number of hydrogen-bond donors (Lipinski definition) is 1. The van der Waals surface area contributed by atoms with Crippen molar-refractivity contribution in [2.24, 2.45) is 0 Å². The van der Waals surface area contributed by atoms with Crippen molar-refractivity contribution in [1.29, 1.82) is 0 Å². The Morgan fingerprint density at radius 3 is 2.47 bits per heavy atom. The Morgan fingerprint density at radius 2 is 1.78 bits per heavy atom. The van der Waals surface area contributed by atoms with Gasteiger partial charge in [0.2, 0.25) is 5.91 Å². The molecule has 168 valence electrons. The van der Waals surface area contributed by atoms with Gasteiger partial charge in [0.1, 0.15) is 5.75 Å². The van der Waals surface area contributed by atoms with Crippen molar-refractivity contribution in [3.8, 4) is 5.75 Å². The Morgan fingerprint density at radius 1 is 1.06 bits per heavy atom. The number of hydrogen-bond acceptors (Lipinski definition) is 6. The van der Waals surface area contributed by atoms with Crippen molar-refractivity contribution in [2.75, 3.05) is 37.9 Å². The molecule has 32 heavy (non-hydrogen) atoms. The lowest BCUT2D eigenvalue weighted by molar-refractivity contribution is -0.133. The lowest BCUT2D eigenvalue weighted by Crippen LogP contribution is -2.35. The van der Waals surface area contributed by atoms with Crippen molar-refractivity contribution in [1.82, 2.24) is 4.90 Å². The molecule has 8 heteroatoms. The summed E-state index contributed by atoms with van der Waals surface area (Å²) in [7, 11) is 1.55. The number of methoxy groups -OCH3 is 1. The van der Waals surface area contributed by atoms with E-state index in [-0.39, 0.29) is 17.6 Å². The Balaban J connectivity index is 1.95. The van der Waals surface area contributed by atoms with Gasteiger partial charge in [-0.25, -0.2) is 4.79 Å². The molecule has 0 saturated carbocycles. The fourth-order valence-electron chi connectivity index (χ4n) is 2.69. The fourth-order valence-corrected chi connectivity index (χ4v) is 3.53. The predicted molar refractivity (Wildman–Crippen MR) is 126 cm³/mol. The highest BCUT2D eigenvalue weighted by Crippen LogP contribution is 2.24. The molecule has 0 fully saturated rings. The number of benzene rings is 2. The Bertz CT molecular complexity index is 966. The van der Waals surface area contributed by atoms with Gasteiger partial charge in [-0.05, 0) is 24.3 Å². The van der Waals surface area contributed by atoms with Crippen LogP contribution in [0, 0.1) is 0 Å². The van der Waals surface area contributed by atoms with E-state index in [0.29, 0.717) is 35.0 Å². The van der Waals surface area contributed by atoms with Crippen molar-refractivity contribution in [2.45, 2.75) is 4.90 Å². The van der Waals surface area contributed by atoms with Gasteiger partial charge in [0.05, 0.1) is 18.4 Å². The van der Waals surface area contributed by atoms with Gasteiger partial charge in [-0.15, -0.1) is 24.9 Å². The van der Waals surface area contributed by atoms with Crippen LogP contribution >= 0.6 is 11.8 Å². The predicted octanol–water partition coefficient (Wildman–Crippen LogP) is 3.78. The summed E-state index contributed by atoms with van der Waals surface area (Å²) in [5.74, 6) is -0.482. The van der Waals surface area contributed by atoms with Gasteiger partial charge in [0.15, 0.2) is 6.61 Å². The minimum atomic E-state index is -0.633. The normalized spacial score (nSPS) is 10.0. The Kier molecular flexibility index (Phi) is 10.1. The zero-order chi connectivity index (χ0) is 23.3. The number of carbonyl (C=O) groups excluding carboxylic acids is 3. The number of esters is 1. The summed E-state index contributed by atoms with van der Waals surface area (Å²) in [6.07, 6.45) is 3.18. The van der Waals surface area contributed by atoms with Crippen LogP contribution in [0.5, 0.6) is 5.75 Å². The molecule has 2 amide bonds. The highest BCUT2D eigenvalue weighted by atomic mass is 32.2. The van der Waals surface area contributed by atoms with Crippen LogP contribution in [0.4, 0.5) is 5.69 Å². The van der Waals surface area contributed by atoms with Gasteiger partial charge in [0.25, 0.3) is 5.91 Å². The number of thioether (sulfide) groups is 1. The largest absolute Gasteiger partial charge is 0.497 e. The summed E-state index contributed by atoms with van der Waals surface area (Å²) in [5.41, 5.74) is 0.906. The molecular formula is C24H26N2O5S. The third kappa shape index (κ3) is 7.63. The van der Waals surface area contributed by atoms with Crippen LogP contribution in [0.3, 0.4) is 0 Å². The fraction of sp³-hybridized carbons (Fsp3) is 0.208.